The molecule has 0 atom stereocenters. The first-order valence-corrected chi connectivity index (χ1v) is 8.43. The van der Waals surface area contributed by atoms with Gasteiger partial charge in [0, 0.05) is 17.7 Å². The SMILES string of the molecule is COCON1C(=O)C(c2ccccc2Cl)=C(OC(=O)C2CC2)C1(C)C. The molecule has 0 spiro atoms. The van der Waals surface area contributed by atoms with Gasteiger partial charge in [0.15, 0.2) is 6.79 Å². The van der Waals surface area contributed by atoms with Crippen LogP contribution in [-0.4, -0.2) is 36.4 Å². The normalized spacial score (nSPS) is 19.5. The van der Waals surface area contributed by atoms with Crippen LogP contribution in [0.5, 0.6) is 0 Å². The van der Waals surface area contributed by atoms with Crippen molar-refractivity contribution in [2.75, 3.05) is 13.9 Å². The molecule has 6 nitrogen and oxygen atoms in total. The Morgan fingerprint density at radius 3 is 2.60 bits per heavy atom. The molecule has 0 N–H and O–H groups in total. The molecule has 7 heteroatoms. The van der Waals surface area contributed by atoms with Crippen molar-refractivity contribution in [3.8, 4) is 0 Å². The molecule has 0 bridgehead atoms. The molecule has 2 aliphatic rings. The van der Waals surface area contributed by atoms with Crippen LogP contribution in [0.15, 0.2) is 30.0 Å². The highest BCUT2D eigenvalue weighted by molar-refractivity contribution is 6.35. The van der Waals surface area contributed by atoms with Crippen molar-refractivity contribution in [1.82, 2.24) is 5.06 Å². The highest BCUT2D eigenvalue weighted by atomic mass is 35.5. The molecule has 134 valence electrons. The molecule has 0 aromatic heterocycles. The van der Waals surface area contributed by atoms with Crippen LogP contribution in [0.2, 0.25) is 5.02 Å². The molecule has 1 heterocycles. The zero-order valence-electron chi connectivity index (χ0n) is 14.4. The lowest BCUT2D eigenvalue weighted by molar-refractivity contribution is -0.239. The molecule has 1 fully saturated rings. The van der Waals surface area contributed by atoms with Gasteiger partial charge in [0.2, 0.25) is 0 Å². The van der Waals surface area contributed by atoms with E-state index in [1.165, 1.54) is 12.2 Å². The number of amides is 1. The van der Waals surface area contributed by atoms with Gasteiger partial charge in [-0.15, -0.1) is 0 Å². The highest BCUT2D eigenvalue weighted by Crippen LogP contribution is 2.44. The predicted octanol–water partition coefficient (Wildman–Crippen LogP) is 3.16. The van der Waals surface area contributed by atoms with Gasteiger partial charge < -0.3 is 9.47 Å². The lowest BCUT2D eigenvalue weighted by Crippen LogP contribution is -2.44. The predicted molar refractivity (Wildman–Crippen MR) is 91.1 cm³/mol. The summed E-state index contributed by atoms with van der Waals surface area (Å²) in [7, 11) is 1.46. The van der Waals surface area contributed by atoms with Gasteiger partial charge in [0.1, 0.15) is 11.3 Å². The van der Waals surface area contributed by atoms with Crippen molar-refractivity contribution in [3.63, 3.8) is 0 Å². The number of hydroxylamine groups is 2. The average molecular weight is 366 g/mol. The lowest BCUT2D eigenvalue weighted by Gasteiger charge is -2.31. The van der Waals surface area contributed by atoms with Crippen molar-refractivity contribution in [3.05, 3.63) is 40.6 Å². The van der Waals surface area contributed by atoms with Crippen molar-refractivity contribution >= 4 is 29.1 Å². The number of nitrogens with zero attached hydrogens (tertiary/aromatic N) is 1. The van der Waals surface area contributed by atoms with E-state index in [9.17, 15) is 9.59 Å². The number of ether oxygens (including phenoxy) is 2. The molecule has 1 aromatic carbocycles. The Balaban J connectivity index is 2.06. The van der Waals surface area contributed by atoms with E-state index in [0.717, 1.165) is 12.8 Å². The fourth-order valence-electron chi connectivity index (χ4n) is 2.76. The summed E-state index contributed by atoms with van der Waals surface area (Å²) in [6.45, 7) is 3.40. The van der Waals surface area contributed by atoms with E-state index in [-0.39, 0.29) is 30.0 Å². The second-order valence-corrected chi connectivity index (χ2v) is 6.98. The van der Waals surface area contributed by atoms with E-state index in [1.54, 1.807) is 38.1 Å². The standard InChI is InChI=1S/C18H20ClNO5/c1-18(2)15(25-17(22)11-8-9-11)14(12-6-4-5-7-13(12)19)16(21)20(18)24-10-23-3/h4-7,11H,8-10H2,1-3H3. The maximum atomic E-state index is 13.0. The van der Waals surface area contributed by atoms with Crippen molar-refractivity contribution < 1.29 is 23.9 Å². The summed E-state index contributed by atoms with van der Waals surface area (Å²) < 4.78 is 10.6. The Labute approximate surface area is 151 Å². The Morgan fingerprint density at radius 2 is 2.00 bits per heavy atom. The fraction of sp³-hybridized carbons (Fsp3) is 0.444. The van der Waals surface area contributed by atoms with E-state index in [2.05, 4.69) is 0 Å². The minimum Gasteiger partial charge on any atom is -0.427 e. The van der Waals surface area contributed by atoms with Crippen LogP contribution in [0.25, 0.3) is 5.57 Å². The Morgan fingerprint density at radius 1 is 1.32 bits per heavy atom. The maximum Gasteiger partial charge on any atom is 0.314 e. The van der Waals surface area contributed by atoms with Gasteiger partial charge in [-0.25, -0.2) is 9.90 Å². The highest BCUT2D eigenvalue weighted by Gasteiger charge is 2.51. The number of hydrogen-bond acceptors (Lipinski definition) is 5. The molecule has 0 radical (unpaired) electrons. The van der Waals surface area contributed by atoms with E-state index < -0.39 is 11.4 Å². The Kier molecular flexibility index (Phi) is 4.86. The Hall–Kier alpha value is -1.89. The molecule has 0 unspecified atom stereocenters. The van der Waals surface area contributed by atoms with Gasteiger partial charge in [-0.05, 0) is 32.8 Å². The molecule has 3 rings (SSSR count). The van der Waals surface area contributed by atoms with Gasteiger partial charge in [-0.1, -0.05) is 29.8 Å². The van der Waals surface area contributed by atoms with Crippen LogP contribution >= 0.6 is 11.6 Å². The third-order valence-corrected chi connectivity index (χ3v) is 4.57. The van der Waals surface area contributed by atoms with Crippen LogP contribution < -0.4 is 0 Å². The summed E-state index contributed by atoms with van der Waals surface area (Å²) in [6.07, 6.45) is 1.62. The second kappa shape index (κ2) is 6.78. The maximum absolute atomic E-state index is 13.0. The van der Waals surface area contributed by atoms with Gasteiger partial charge >= 0.3 is 5.97 Å². The van der Waals surface area contributed by atoms with Crippen LogP contribution in [-0.2, 0) is 23.9 Å². The van der Waals surface area contributed by atoms with Crippen LogP contribution in [0.1, 0.15) is 32.3 Å². The average Bonchev–Trinajstić information content (AvgIpc) is 3.38. The van der Waals surface area contributed by atoms with Gasteiger partial charge in [0.05, 0.1) is 11.5 Å². The van der Waals surface area contributed by atoms with Crippen LogP contribution in [0, 0.1) is 5.92 Å². The minimum absolute atomic E-state index is 0.0974. The van der Waals surface area contributed by atoms with Crippen molar-refractivity contribution in [1.29, 1.82) is 0 Å². The largest absolute Gasteiger partial charge is 0.427 e. The third kappa shape index (κ3) is 3.29. The first-order chi connectivity index (χ1) is 11.9. The summed E-state index contributed by atoms with van der Waals surface area (Å²) in [5.41, 5.74) is -0.237. The lowest BCUT2D eigenvalue weighted by atomic mass is 9.99. The van der Waals surface area contributed by atoms with Crippen LogP contribution in [0.3, 0.4) is 0 Å². The van der Waals surface area contributed by atoms with Crippen molar-refractivity contribution in [2.24, 2.45) is 5.92 Å². The summed E-state index contributed by atoms with van der Waals surface area (Å²) in [6, 6.07) is 6.94. The van der Waals surface area contributed by atoms with Crippen LogP contribution in [0.4, 0.5) is 0 Å². The number of carbonyl (C=O) groups excluding carboxylic acids is 2. The molecule has 25 heavy (non-hydrogen) atoms. The van der Waals surface area contributed by atoms with E-state index in [0.29, 0.717) is 10.6 Å². The minimum atomic E-state index is -0.978. The van der Waals surface area contributed by atoms with E-state index >= 15 is 0 Å². The smallest absolute Gasteiger partial charge is 0.314 e. The number of carbonyl (C=O) groups is 2. The topological polar surface area (TPSA) is 65.1 Å². The Bertz CT molecular complexity index is 739. The van der Waals surface area contributed by atoms with Gasteiger partial charge in [-0.3, -0.25) is 9.59 Å². The second-order valence-electron chi connectivity index (χ2n) is 6.57. The number of methoxy groups -OCH3 is 1. The van der Waals surface area contributed by atoms with Crippen molar-refractivity contribution in [2.45, 2.75) is 32.2 Å². The molecule has 0 saturated heterocycles. The molecule has 1 aliphatic heterocycles. The number of hydrogen-bond donors (Lipinski definition) is 0. The molecule has 1 aromatic rings. The monoisotopic (exact) mass is 365 g/mol. The summed E-state index contributed by atoms with van der Waals surface area (Å²) >= 11 is 6.28. The fourth-order valence-corrected chi connectivity index (χ4v) is 2.99. The zero-order valence-corrected chi connectivity index (χ0v) is 15.1. The molecular weight excluding hydrogens is 346 g/mol. The number of esters is 1. The molecule has 1 saturated carbocycles. The number of benzene rings is 1. The molecule has 1 amide bonds. The van der Waals surface area contributed by atoms with E-state index in [1.807, 2.05) is 0 Å². The van der Waals surface area contributed by atoms with E-state index in [4.69, 9.17) is 25.9 Å². The zero-order chi connectivity index (χ0) is 18.2. The molecule has 1 aliphatic carbocycles. The first-order valence-electron chi connectivity index (χ1n) is 8.05. The molecular formula is C18H20ClNO5. The van der Waals surface area contributed by atoms with Gasteiger partial charge in [-0.2, -0.15) is 0 Å². The van der Waals surface area contributed by atoms with Gasteiger partial charge in [0.25, 0.3) is 5.91 Å². The third-order valence-electron chi connectivity index (χ3n) is 4.24. The quantitative estimate of drug-likeness (QED) is 0.572. The summed E-state index contributed by atoms with van der Waals surface area (Å²) in [5, 5.41) is 1.57. The summed E-state index contributed by atoms with van der Waals surface area (Å²) in [4.78, 5) is 30.7. The number of rotatable bonds is 6. The number of halogens is 1. The first kappa shape index (κ1) is 17.9. The summed E-state index contributed by atoms with van der Waals surface area (Å²) in [5.74, 6) is -0.596.